The van der Waals surface area contributed by atoms with Gasteiger partial charge in [-0.15, -0.1) is 0 Å². The molecule has 0 aliphatic rings. The number of aromatic nitrogens is 1. The minimum Gasteiger partial charge on any atom is -0.493 e. The summed E-state index contributed by atoms with van der Waals surface area (Å²) in [5.41, 5.74) is 2.41. The fourth-order valence-electron chi connectivity index (χ4n) is 3.94. The molecule has 178 valence electrons. The van der Waals surface area contributed by atoms with Crippen molar-refractivity contribution in [2.24, 2.45) is 0 Å². The molecule has 4 rings (SSSR count). The van der Waals surface area contributed by atoms with Crippen LogP contribution in [0.15, 0.2) is 84.6 Å². The van der Waals surface area contributed by atoms with Crippen LogP contribution in [0.2, 0.25) is 0 Å². The topological polar surface area (TPSA) is 69.7 Å². The maximum Gasteiger partial charge on any atom is 0.252 e. The van der Waals surface area contributed by atoms with Crippen molar-refractivity contribution in [3.63, 3.8) is 0 Å². The Labute approximate surface area is 204 Å². The van der Waals surface area contributed by atoms with Gasteiger partial charge in [0.05, 0.1) is 19.7 Å². The van der Waals surface area contributed by atoms with Crippen LogP contribution in [-0.4, -0.2) is 31.7 Å². The zero-order valence-electron chi connectivity index (χ0n) is 20.3. The molecule has 4 aromatic rings. The molecule has 1 heterocycles. The molecule has 0 spiro atoms. The average molecular weight is 469 g/mol. The molecule has 6 heteroatoms. The van der Waals surface area contributed by atoms with Crippen LogP contribution in [-0.2, 0) is 0 Å². The predicted molar refractivity (Wildman–Crippen MR) is 140 cm³/mol. The van der Waals surface area contributed by atoms with E-state index in [1.165, 1.54) is 0 Å². The first-order chi connectivity index (χ1) is 17.1. The number of methoxy groups -OCH3 is 2. The number of fused-ring (bicyclic) bond motifs is 2. The van der Waals surface area contributed by atoms with Crippen LogP contribution in [0.4, 0.5) is 0 Å². The average Bonchev–Trinajstić information content (AvgIpc) is 2.89. The molecule has 0 saturated heterocycles. The molecule has 6 nitrogen and oxygen atoms in total. The van der Waals surface area contributed by atoms with Gasteiger partial charge in [-0.3, -0.25) is 9.78 Å². The van der Waals surface area contributed by atoms with Crippen LogP contribution in [0.25, 0.3) is 21.7 Å². The number of hydrogen-bond acceptors (Lipinski definition) is 5. The Morgan fingerprint density at radius 3 is 2.49 bits per heavy atom. The highest BCUT2D eigenvalue weighted by Crippen LogP contribution is 2.37. The van der Waals surface area contributed by atoms with Gasteiger partial charge in [-0.1, -0.05) is 30.4 Å². The van der Waals surface area contributed by atoms with Gasteiger partial charge in [0.2, 0.25) is 0 Å². The smallest absolute Gasteiger partial charge is 0.252 e. The van der Waals surface area contributed by atoms with E-state index in [4.69, 9.17) is 14.2 Å². The number of benzene rings is 3. The fourth-order valence-corrected chi connectivity index (χ4v) is 3.94. The molecule has 0 aliphatic heterocycles. The van der Waals surface area contributed by atoms with Crippen molar-refractivity contribution in [2.45, 2.75) is 13.8 Å². The number of pyridine rings is 1. The second-order valence-corrected chi connectivity index (χ2v) is 7.87. The molecule has 1 amide bonds. The first kappa shape index (κ1) is 23.8. The first-order valence-electron chi connectivity index (χ1n) is 11.4. The van der Waals surface area contributed by atoms with Crippen LogP contribution in [0, 0.1) is 0 Å². The van der Waals surface area contributed by atoms with Crippen molar-refractivity contribution in [1.82, 2.24) is 10.3 Å². The summed E-state index contributed by atoms with van der Waals surface area (Å²) in [5.74, 6) is 2.39. The largest absolute Gasteiger partial charge is 0.493 e. The van der Waals surface area contributed by atoms with E-state index < -0.39 is 0 Å². The van der Waals surface area contributed by atoms with E-state index >= 15 is 0 Å². The van der Waals surface area contributed by atoms with Gasteiger partial charge < -0.3 is 19.5 Å². The summed E-state index contributed by atoms with van der Waals surface area (Å²) in [4.78, 5) is 17.3. The summed E-state index contributed by atoms with van der Waals surface area (Å²) in [6, 6.07) is 16.9. The van der Waals surface area contributed by atoms with Crippen molar-refractivity contribution < 1.29 is 19.0 Å². The number of carbonyl (C=O) groups excluding carboxylic acids is 1. The monoisotopic (exact) mass is 468 g/mol. The van der Waals surface area contributed by atoms with E-state index in [-0.39, 0.29) is 5.91 Å². The van der Waals surface area contributed by atoms with Crippen LogP contribution >= 0.6 is 0 Å². The quantitative estimate of drug-likeness (QED) is 0.301. The number of amides is 1. The standard InChI is InChI=1S/C29H28N2O4/c1-5-8-19(6-2)18-31-29(32)23-10-7-9-20-15-21(11-12-22(20)23)35-26-13-14-30-25-17-28(34-4)27(33-3)16-24(25)26/h5-17H,18H2,1-4H3,(H,31,32)/b8-5-,19-6+. The lowest BCUT2D eigenvalue weighted by Gasteiger charge is -2.13. The lowest BCUT2D eigenvalue weighted by Crippen LogP contribution is -2.25. The molecule has 0 radical (unpaired) electrons. The zero-order valence-corrected chi connectivity index (χ0v) is 20.3. The van der Waals surface area contributed by atoms with Crippen LogP contribution in [0.1, 0.15) is 24.2 Å². The molecule has 0 aliphatic carbocycles. The van der Waals surface area contributed by atoms with E-state index in [0.29, 0.717) is 35.1 Å². The van der Waals surface area contributed by atoms with Gasteiger partial charge in [-0.05, 0) is 66.6 Å². The minimum atomic E-state index is -0.116. The zero-order chi connectivity index (χ0) is 24.8. The second-order valence-electron chi connectivity index (χ2n) is 7.87. The van der Waals surface area contributed by atoms with Gasteiger partial charge in [0.1, 0.15) is 11.5 Å². The van der Waals surface area contributed by atoms with Gasteiger partial charge >= 0.3 is 0 Å². The number of rotatable bonds is 8. The molecule has 35 heavy (non-hydrogen) atoms. The first-order valence-corrected chi connectivity index (χ1v) is 11.4. The summed E-state index contributed by atoms with van der Waals surface area (Å²) in [6.07, 6.45) is 7.63. The molecule has 1 aromatic heterocycles. The Morgan fingerprint density at radius 1 is 0.943 bits per heavy atom. The normalized spacial score (nSPS) is 11.7. The predicted octanol–water partition coefficient (Wildman–Crippen LogP) is 6.45. The summed E-state index contributed by atoms with van der Waals surface area (Å²) >= 11 is 0. The summed E-state index contributed by atoms with van der Waals surface area (Å²) in [7, 11) is 3.19. The molecule has 0 atom stereocenters. The summed E-state index contributed by atoms with van der Waals surface area (Å²) < 4.78 is 17.1. The third-order valence-electron chi connectivity index (χ3n) is 5.74. The Morgan fingerprint density at radius 2 is 1.74 bits per heavy atom. The minimum absolute atomic E-state index is 0.116. The molecule has 3 aromatic carbocycles. The molecule has 1 N–H and O–H groups in total. The van der Waals surface area contributed by atoms with Gasteiger partial charge in [0, 0.05) is 29.8 Å². The number of nitrogens with zero attached hydrogens (tertiary/aromatic N) is 1. The van der Waals surface area contributed by atoms with Gasteiger partial charge in [-0.2, -0.15) is 0 Å². The number of carbonyl (C=O) groups is 1. The van der Waals surface area contributed by atoms with E-state index in [1.54, 1.807) is 20.4 Å². The number of ether oxygens (including phenoxy) is 3. The number of nitrogens with one attached hydrogen (secondary N) is 1. The third-order valence-corrected chi connectivity index (χ3v) is 5.74. The SMILES string of the molecule is C/C=C\C(=C/C)CNC(=O)c1cccc2cc(Oc3ccnc4cc(OC)c(OC)cc34)ccc12. The van der Waals surface area contributed by atoms with Crippen molar-refractivity contribution in [3.05, 3.63) is 90.2 Å². The van der Waals surface area contributed by atoms with Crippen molar-refractivity contribution >= 4 is 27.6 Å². The highest BCUT2D eigenvalue weighted by Gasteiger charge is 2.13. The summed E-state index contributed by atoms with van der Waals surface area (Å²) in [5, 5.41) is 5.58. The maximum absolute atomic E-state index is 12.9. The lowest BCUT2D eigenvalue weighted by atomic mass is 10.0. The van der Waals surface area contributed by atoms with Crippen LogP contribution in [0.5, 0.6) is 23.0 Å². The van der Waals surface area contributed by atoms with Gasteiger partial charge in [-0.25, -0.2) is 0 Å². The number of allylic oxidation sites excluding steroid dienone is 2. The van der Waals surface area contributed by atoms with E-state index in [0.717, 1.165) is 27.2 Å². The van der Waals surface area contributed by atoms with E-state index in [9.17, 15) is 4.79 Å². The molecule has 0 unspecified atom stereocenters. The van der Waals surface area contributed by atoms with Crippen molar-refractivity contribution in [2.75, 3.05) is 20.8 Å². The van der Waals surface area contributed by atoms with Gasteiger partial charge in [0.15, 0.2) is 11.5 Å². The Kier molecular flexibility index (Phi) is 7.31. The fraction of sp³-hybridized carbons (Fsp3) is 0.172. The summed E-state index contributed by atoms with van der Waals surface area (Å²) in [6.45, 7) is 4.39. The Hall–Kier alpha value is -4.32. The lowest BCUT2D eigenvalue weighted by molar-refractivity contribution is 0.0959. The van der Waals surface area contributed by atoms with Crippen molar-refractivity contribution in [1.29, 1.82) is 0 Å². The number of hydrogen-bond donors (Lipinski definition) is 1. The van der Waals surface area contributed by atoms with E-state index in [1.807, 2.05) is 86.7 Å². The molecular formula is C29H28N2O4. The molecular weight excluding hydrogens is 440 g/mol. The van der Waals surface area contributed by atoms with Crippen LogP contribution < -0.4 is 19.5 Å². The second kappa shape index (κ2) is 10.7. The molecule has 0 fully saturated rings. The highest BCUT2D eigenvalue weighted by molar-refractivity contribution is 6.07. The Bertz CT molecular complexity index is 1440. The maximum atomic E-state index is 12.9. The van der Waals surface area contributed by atoms with E-state index in [2.05, 4.69) is 10.3 Å². The van der Waals surface area contributed by atoms with Gasteiger partial charge in [0.25, 0.3) is 5.91 Å². The third kappa shape index (κ3) is 5.11. The van der Waals surface area contributed by atoms with Crippen molar-refractivity contribution in [3.8, 4) is 23.0 Å². The molecule has 0 saturated carbocycles. The Balaban J connectivity index is 1.63. The molecule has 0 bridgehead atoms. The van der Waals surface area contributed by atoms with Crippen LogP contribution in [0.3, 0.4) is 0 Å². The highest BCUT2D eigenvalue weighted by atomic mass is 16.5.